The van der Waals surface area contributed by atoms with Crippen molar-refractivity contribution < 1.29 is 52.9 Å². The van der Waals surface area contributed by atoms with E-state index < -0.39 is 22.4 Å². The highest BCUT2D eigenvalue weighted by Gasteiger charge is 2.48. The molecule has 26 heteroatoms. The Morgan fingerprint density at radius 2 is 0.778 bits per heavy atom. The number of amides is 6. The van der Waals surface area contributed by atoms with E-state index in [2.05, 4.69) is 70.6 Å². The number of carboxylic acid groups (broad SMARTS) is 1. The monoisotopic (exact) mass is 1240 g/mol. The number of aliphatic carboxylic acids is 1. The van der Waals surface area contributed by atoms with Gasteiger partial charge in [0.05, 0.1) is 45.7 Å². The van der Waals surface area contributed by atoms with E-state index in [0.717, 1.165) is 116 Å². The number of ketones is 1. The van der Waals surface area contributed by atoms with Crippen LogP contribution in [0.3, 0.4) is 0 Å². The zero-order valence-corrected chi connectivity index (χ0v) is 54.4. The summed E-state index contributed by atoms with van der Waals surface area (Å²) in [5.74, 6) is 0.261. The summed E-state index contributed by atoms with van der Waals surface area (Å²) in [6.45, 7) is 29.6. The first-order chi connectivity index (χ1) is 37.6. The Balaban J connectivity index is 0.000000260. The number of Topliss-reactive ketones (excluding diaryl/α,β-unsaturated/α-hetero) is 1. The molecule has 0 aromatic carbocycles. The molecule has 0 aromatic heterocycles. The van der Waals surface area contributed by atoms with E-state index in [-0.39, 0.29) is 88.2 Å². The molecule has 81 heavy (non-hydrogen) atoms. The van der Waals surface area contributed by atoms with Crippen molar-refractivity contribution in [1.82, 2.24) is 53.2 Å². The minimum Gasteiger partial charge on any atom is -0.480 e. The molecule has 3 unspecified atom stereocenters. The molecule has 9 aliphatic heterocycles. The lowest BCUT2D eigenvalue weighted by Crippen LogP contribution is -2.51. The van der Waals surface area contributed by atoms with Crippen molar-refractivity contribution in [3.63, 3.8) is 0 Å². The number of carbonyl (C=O) groups excluding carboxylic acids is 7. The molecule has 6 amide bonds. The topological polar surface area (TPSA) is 301 Å². The van der Waals surface area contributed by atoms with E-state index in [4.69, 9.17) is 14.6 Å². The van der Waals surface area contributed by atoms with Crippen LogP contribution in [0.5, 0.6) is 0 Å². The lowest BCUT2D eigenvalue weighted by Gasteiger charge is -2.38. The second-order valence-electron chi connectivity index (χ2n) is 23.5. The van der Waals surface area contributed by atoms with Crippen molar-refractivity contribution in [2.24, 2.45) is 0 Å². The first-order valence-corrected chi connectivity index (χ1v) is 33.1. The maximum Gasteiger partial charge on any atom is 0.410 e. The fraction of sp³-hybridized carbons (Fsp3) is 0.855. The Morgan fingerprint density at radius 3 is 0.988 bits per heavy atom. The molecule has 466 valence electrons. The second kappa shape index (κ2) is 33.2. The Labute approximate surface area is 505 Å². The molecule has 9 saturated heterocycles. The third-order valence-electron chi connectivity index (χ3n) is 14.6. The standard InChI is InChI=1S/C14H24N2O3S.C10H17NO3.3C9H16N2OS.C4H8O2S.H3N/c1-5-10-11(17)15-14(20-10)6-8-16(9-7-14)12(18)19-13(2,3)4;1-10(2,3)14-9(13)11-6-4-8(12)5-7-11;3*1-2-7-8(12)11-9(13-7)3-5-10-6-4-9;1-2-3(7)4(5)6;/h10H,5-9H2,1-4H3,(H,15,17);4-7H2,1-3H3;3*7,10H,2-6H2,1H3,(H,11,12);3,7H,2H2,1H3,(H,5,6);1H3/t;;2*7-;;;/m..10.../s1. The molecule has 9 aliphatic rings. The number of hydrogen-bond acceptors (Lipinski definition) is 19. The molecule has 9 heterocycles. The predicted octanol–water partition coefficient (Wildman–Crippen LogP) is 7.01. The Kier molecular flexibility index (Phi) is 29.6. The van der Waals surface area contributed by atoms with Crippen LogP contribution in [0.25, 0.3) is 0 Å². The summed E-state index contributed by atoms with van der Waals surface area (Å²) in [5, 5.41) is 30.8. The fourth-order valence-electron chi connectivity index (χ4n) is 10.00. The number of carbonyl (C=O) groups is 8. The summed E-state index contributed by atoms with van der Waals surface area (Å²) in [6.07, 6.45) is 12.6. The smallest absolute Gasteiger partial charge is 0.410 e. The number of nitrogens with one attached hydrogen (secondary N) is 7. The minimum absolute atomic E-state index is 0. The maximum atomic E-state index is 12.0. The van der Waals surface area contributed by atoms with E-state index in [9.17, 15) is 38.4 Å². The molecule has 5 atom stereocenters. The highest BCUT2D eigenvalue weighted by atomic mass is 32.2. The van der Waals surface area contributed by atoms with Crippen molar-refractivity contribution in [2.45, 2.75) is 229 Å². The molecule has 4 spiro atoms. The summed E-state index contributed by atoms with van der Waals surface area (Å²) in [6, 6.07) is 0. The van der Waals surface area contributed by atoms with Gasteiger partial charge in [-0.1, -0.05) is 34.6 Å². The SMILES string of the molecule is CC(C)(C)OC(=O)N1CCC(=O)CC1.CCC(S)C(=O)O.CCC1SC2(CCN(C(=O)OC(C)(C)C)CC2)NC1=O.CCC1SC2(CCNCC2)NC1=O.CC[C@@H]1SC2(CCNCC2)NC1=O.CC[C@H]1SC2(CCNCC2)NC1=O.N. The molecule has 21 nitrogen and oxygen atoms in total. The van der Waals surface area contributed by atoms with Gasteiger partial charge in [0.25, 0.3) is 0 Å². The number of thiol groups is 1. The van der Waals surface area contributed by atoms with Crippen LogP contribution in [-0.2, 0) is 38.2 Å². The lowest BCUT2D eigenvalue weighted by molar-refractivity contribution is -0.136. The van der Waals surface area contributed by atoms with Crippen molar-refractivity contribution in [2.75, 3.05) is 65.4 Å². The highest BCUT2D eigenvalue weighted by molar-refractivity contribution is 8.03. The quantitative estimate of drug-likeness (QED) is 0.120. The number of nitrogens with zero attached hydrogens (tertiary/aromatic N) is 2. The summed E-state index contributed by atoms with van der Waals surface area (Å²) in [4.78, 5) is 94.1. The number of rotatable bonds is 6. The molecule has 0 saturated carbocycles. The van der Waals surface area contributed by atoms with Crippen molar-refractivity contribution in [3.05, 3.63) is 0 Å². The summed E-state index contributed by atoms with van der Waals surface area (Å²) in [5.41, 5.74) is -0.922. The van der Waals surface area contributed by atoms with Crippen LogP contribution in [0.2, 0.25) is 0 Å². The molecule has 0 radical (unpaired) electrons. The van der Waals surface area contributed by atoms with Crippen LogP contribution >= 0.6 is 59.7 Å². The third-order valence-corrected chi connectivity index (χ3v) is 22.4. The minimum atomic E-state index is -0.842. The van der Waals surface area contributed by atoms with E-state index in [1.54, 1.807) is 28.5 Å². The molecular formula is C55H100N10O11S5. The van der Waals surface area contributed by atoms with E-state index in [1.165, 1.54) is 0 Å². The van der Waals surface area contributed by atoms with Crippen LogP contribution in [0.15, 0.2) is 0 Å². The van der Waals surface area contributed by atoms with E-state index in [0.29, 0.717) is 45.4 Å². The number of thioether (sulfide) groups is 4. The molecule has 9 fully saturated rings. The Morgan fingerprint density at radius 1 is 0.519 bits per heavy atom. The van der Waals surface area contributed by atoms with Crippen molar-refractivity contribution in [3.8, 4) is 0 Å². The van der Waals surface area contributed by atoms with Gasteiger partial charge in [0.2, 0.25) is 23.6 Å². The molecule has 9 rings (SSSR count). The lowest BCUT2D eigenvalue weighted by atomic mass is 10.0. The van der Waals surface area contributed by atoms with Crippen LogP contribution in [0, 0.1) is 0 Å². The van der Waals surface area contributed by atoms with Gasteiger partial charge in [0, 0.05) is 39.0 Å². The molecule has 0 bridgehead atoms. The normalized spacial score (nSPS) is 26.1. The van der Waals surface area contributed by atoms with Gasteiger partial charge >= 0.3 is 18.2 Å². The van der Waals surface area contributed by atoms with Gasteiger partial charge in [0.15, 0.2) is 0 Å². The van der Waals surface area contributed by atoms with E-state index in [1.807, 2.05) is 83.8 Å². The molecule has 11 N–H and O–H groups in total. The van der Waals surface area contributed by atoms with Gasteiger partial charge in [-0.3, -0.25) is 28.8 Å². The average Bonchev–Trinajstić information content (AvgIpc) is 4.25. The number of ether oxygens (including phenoxy) is 2. The summed E-state index contributed by atoms with van der Waals surface area (Å²) in [7, 11) is 0. The number of hydrogen-bond donors (Lipinski definition) is 10. The van der Waals surface area contributed by atoms with Crippen LogP contribution in [0.1, 0.15) is 172 Å². The van der Waals surface area contributed by atoms with Gasteiger partial charge in [0.1, 0.15) is 17.0 Å². The van der Waals surface area contributed by atoms with Gasteiger partial charge in [-0.15, -0.1) is 47.0 Å². The largest absolute Gasteiger partial charge is 0.480 e. The van der Waals surface area contributed by atoms with Crippen molar-refractivity contribution in [1.29, 1.82) is 0 Å². The van der Waals surface area contributed by atoms with Gasteiger partial charge in [-0.05, 0) is 164 Å². The van der Waals surface area contributed by atoms with Gasteiger partial charge in [-0.25, -0.2) is 9.59 Å². The first kappa shape index (κ1) is 72.4. The third kappa shape index (κ3) is 23.2. The zero-order valence-electron chi connectivity index (χ0n) is 50.3. The molecule has 0 aliphatic carbocycles. The van der Waals surface area contributed by atoms with Gasteiger partial charge in [-0.2, -0.15) is 12.6 Å². The molecular weight excluding hydrogens is 1140 g/mol. The predicted molar refractivity (Wildman–Crippen MR) is 331 cm³/mol. The van der Waals surface area contributed by atoms with Crippen LogP contribution in [0.4, 0.5) is 9.59 Å². The number of piperidine rings is 5. The van der Waals surface area contributed by atoms with Crippen LogP contribution < -0.4 is 43.4 Å². The van der Waals surface area contributed by atoms with E-state index >= 15 is 0 Å². The number of carboxylic acids is 1. The maximum absolute atomic E-state index is 12.0. The Bertz CT molecular complexity index is 1960. The number of likely N-dealkylation sites (tertiary alicyclic amines) is 2. The van der Waals surface area contributed by atoms with Crippen molar-refractivity contribution >= 4 is 107 Å². The summed E-state index contributed by atoms with van der Waals surface area (Å²) >= 11 is 11.0. The van der Waals surface area contributed by atoms with Crippen LogP contribution in [-0.4, -0.2) is 185 Å². The fourth-order valence-corrected chi connectivity index (χ4v) is 15.9. The second-order valence-corrected chi connectivity index (χ2v) is 30.4. The highest BCUT2D eigenvalue weighted by Crippen LogP contribution is 2.44. The average molecular weight is 1240 g/mol. The summed E-state index contributed by atoms with van der Waals surface area (Å²) < 4.78 is 10.6. The van der Waals surface area contributed by atoms with Gasteiger partial charge < -0.3 is 67.7 Å². The molecule has 0 aromatic rings. The first-order valence-electron chi connectivity index (χ1n) is 29.1. The zero-order chi connectivity index (χ0) is 59.5. The Hall–Kier alpha value is -2.85.